The van der Waals surface area contributed by atoms with Gasteiger partial charge in [-0.3, -0.25) is 20.0 Å². The van der Waals surface area contributed by atoms with Gasteiger partial charge in [0.15, 0.2) is 0 Å². The lowest BCUT2D eigenvalue weighted by molar-refractivity contribution is -0.114. The number of anilines is 1. The van der Waals surface area contributed by atoms with E-state index in [0.29, 0.717) is 17.1 Å². The van der Waals surface area contributed by atoms with Gasteiger partial charge in [-0.1, -0.05) is 18.2 Å². The zero-order chi connectivity index (χ0) is 16.4. The highest BCUT2D eigenvalue weighted by molar-refractivity contribution is 6.04. The van der Waals surface area contributed by atoms with Crippen LogP contribution in [0.2, 0.25) is 0 Å². The molecule has 0 saturated heterocycles. The van der Waals surface area contributed by atoms with E-state index in [4.69, 9.17) is 0 Å². The van der Waals surface area contributed by atoms with Crippen LogP contribution in [0.3, 0.4) is 0 Å². The maximum absolute atomic E-state index is 12.2. The van der Waals surface area contributed by atoms with Gasteiger partial charge in [0.05, 0.1) is 18.8 Å². The van der Waals surface area contributed by atoms with Crippen molar-refractivity contribution in [2.75, 3.05) is 5.32 Å². The minimum atomic E-state index is -0.495. The summed E-state index contributed by atoms with van der Waals surface area (Å²) >= 11 is 0. The summed E-state index contributed by atoms with van der Waals surface area (Å²) in [5.74, 6) is -0.195. The molecule has 1 aliphatic rings. The second-order valence-electron chi connectivity index (χ2n) is 5.19. The summed E-state index contributed by atoms with van der Waals surface area (Å²) in [5, 5.41) is 11.8. The van der Waals surface area contributed by atoms with Gasteiger partial charge in [0, 0.05) is 18.1 Å². The van der Waals surface area contributed by atoms with Gasteiger partial charge in [-0.25, -0.2) is 4.79 Å². The van der Waals surface area contributed by atoms with Crippen LogP contribution in [0.15, 0.2) is 30.3 Å². The lowest BCUT2D eigenvalue weighted by Gasteiger charge is -2.16. The van der Waals surface area contributed by atoms with Gasteiger partial charge >= 0.3 is 6.03 Å². The first-order valence-corrected chi connectivity index (χ1v) is 7.03. The molecule has 118 valence electrons. The Balaban J connectivity index is 1.65. The van der Waals surface area contributed by atoms with E-state index in [-0.39, 0.29) is 19.0 Å². The number of benzene rings is 1. The number of aromatic nitrogens is 2. The Bertz CT molecular complexity index is 769. The molecule has 0 fully saturated rings. The highest BCUT2D eigenvalue weighted by Gasteiger charge is 2.29. The Kier molecular flexibility index (Phi) is 3.80. The number of aromatic amines is 1. The first-order chi connectivity index (χ1) is 11.0. The normalized spacial score (nSPS) is 12.7. The van der Waals surface area contributed by atoms with Gasteiger partial charge in [-0.15, -0.1) is 0 Å². The van der Waals surface area contributed by atoms with Gasteiger partial charge in [0.2, 0.25) is 5.91 Å². The van der Waals surface area contributed by atoms with Crippen molar-refractivity contribution in [2.24, 2.45) is 0 Å². The predicted molar refractivity (Wildman–Crippen MR) is 81.4 cm³/mol. The molecule has 23 heavy (non-hydrogen) atoms. The summed E-state index contributed by atoms with van der Waals surface area (Å²) in [6.45, 7) is 1.94. The number of amides is 4. The minimum absolute atomic E-state index is 0.224. The number of imide groups is 1. The maximum atomic E-state index is 12.2. The smallest absolute Gasteiger partial charge is 0.314 e. The van der Waals surface area contributed by atoms with Crippen molar-refractivity contribution in [1.29, 1.82) is 0 Å². The van der Waals surface area contributed by atoms with E-state index in [1.165, 1.54) is 11.8 Å². The molecule has 1 aliphatic heterocycles. The third-order valence-electron chi connectivity index (χ3n) is 3.49. The van der Waals surface area contributed by atoms with Crippen molar-refractivity contribution in [1.82, 2.24) is 20.4 Å². The van der Waals surface area contributed by atoms with Gasteiger partial charge in [0.1, 0.15) is 5.82 Å². The Labute approximate surface area is 131 Å². The second-order valence-corrected chi connectivity index (χ2v) is 5.19. The van der Waals surface area contributed by atoms with Crippen molar-refractivity contribution in [3.8, 4) is 0 Å². The first-order valence-electron chi connectivity index (χ1n) is 7.03. The van der Waals surface area contributed by atoms with Gasteiger partial charge in [0.25, 0.3) is 5.91 Å². The van der Waals surface area contributed by atoms with E-state index < -0.39 is 11.9 Å². The Morgan fingerprint density at radius 3 is 2.61 bits per heavy atom. The molecule has 2 heterocycles. The molecule has 0 saturated carbocycles. The highest BCUT2D eigenvalue weighted by Crippen LogP contribution is 2.26. The molecule has 8 nitrogen and oxygen atoms in total. The van der Waals surface area contributed by atoms with Gasteiger partial charge in [-0.05, 0) is 12.1 Å². The molecule has 0 spiro atoms. The molecule has 0 bridgehead atoms. The van der Waals surface area contributed by atoms with E-state index in [2.05, 4.69) is 20.8 Å². The molecular weight excluding hydrogens is 298 g/mol. The van der Waals surface area contributed by atoms with Crippen molar-refractivity contribution < 1.29 is 14.4 Å². The summed E-state index contributed by atoms with van der Waals surface area (Å²) in [6.07, 6.45) is 0. The lowest BCUT2D eigenvalue weighted by atomic mass is 10.2. The molecular formula is C15H15N5O3. The second kappa shape index (κ2) is 5.91. The summed E-state index contributed by atoms with van der Waals surface area (Å²) < 4.78 is 0. The number of carbonyl (C=O) groups excluding carboxylic acids is 3. The number of hydrogen-bond donors (Lipinski definition) is 3. The van der Waals surface area contributed by atoms with Crippen LogP contribution >= 0.6 is 0 Å². The number of carbonyl (C=O) groups is 3. The monoisotopic (exact) mass is 313 g/mol. The zero-order valence-electron chi connectivity index (χ0n) is 12.4. The summed E-state index contributed by atoms with van der Waals surface area (Å²) in [6, 6.07) is 8.02. The number of rotatable bonds is 2. The molecule has 3 rings (SSSR count). The fourth-order valence-corrected chi connectivity index (χ4v) is 2.39. The zero-order valence-corrected chi connectivity index (χ0v) is 12.4. The van der Waals surface area contributed by atoms with Crippen LogP contribution < -0.4 is 10.6 Å². The molecule has 2 aromatic rings. The maximum Gasteiger partial charge on any atom is 0.324 e. The first kappa shape index (κ1) is 14.8. The number of hydrogen-bond acceptors (Lipinski definition) is 4. The Morgan fingerprint density at radius 2 is 1.91 bits per heavy atom. The van der Waals surface area contributed by atoms with E-state index in [1.54, 1.807) is 30.3 Å². The van der Waals surface area contributed by atoms with Crippen LogP contribution in [0, 0.1) is 0 Å². The van der Waals surface area contributed by atoms with Crippen LogP contribution in [0.25, 0.3) is 0 Å². The molecule has 3 N–H and O–H groups in total. The highest BCUT2D eigenvalue weighted by atomic mass is 16.2. The Morgan fingerprint density at radius 1 is 1.17 bits per heavy atom. The van der Waals surface area contributed by atoms with Crippen LogP contribution in [0.1, 0.15) is 28.5 Å². The molecule has 4 amide bonds. The van der Waals surface area contributed by atoms with E-state index >= 15 is 0 Å². The van der Waals surface area contributed by atoms with Crippen LogP contribution in [-0.4, -0.2) is 32.9 Å². The minimum Gasteiger partial charge on any atom is -0.314 e. The lowest BCUT2D eigenvalue weighted by Crippen LogP contribution is -2.40. The summed E-state index contributed by atoms with van der Waals surface area (Å²) in [5.41, 5.74) is 1.84. The van der Waals surface area contributed by atoms with Gasteiger partial charge < -0.3 is 10.2 Å². The van der Waals surface area contributed by atoms with Crippen molar-refractivity contribution >= 4 is 23.7 Å². The molecule has 1 aromatic carbocycles. The molecule has 8 heteroatoms. The van der Waals surface area contributed by atoms with Crippen LogP contribution in [-0.2, 0) is 17.9 Å². The summed E-state index contributed by atoms with van der Waals surface area (Å²) in [4.78, 5) is 36.8. The third kappa shape index (κ3) is 3.05. The van der Waals surface area contributed by atoms with E-state index in [0.717, 1.165) is 5.56 Å². The largest absolute Gasteiger partial charge is 0.324 e. The average Bonchev–Trinajstić information content (AvgIpc) is 3.10. The van der Waals surface area contributed by atoms with Crippen molar-refractivity contribution in [3.05, 3.63) is 47.2 Å². The fourth-order valence-electron chi connectivity index (χ4n) is 2.39. The number of urea groups is 1. The SMILES string of the molecule is CC(=O)Nc1[nH]nc2c1CN(C(=O)NC(=O)c1ccccc1)C2. The average molecular weight is 313 g/mol. The Hall–Kier alpha value is -3.16. The topological polar surface area (TPSA) is 107 Å². The fraction of sp³-hybridized carbons (Fsp3) is 0.200. The molecule has 0 unspecified atom stereocenters. The number of nitrogens with zero attached hydrogens (tertiary/aromatic N) is 2. The molecule has 0 radical (unpaired) electrons. The van der Waals surface area contributed by atoms with Crippen molar-refractivity contribution in [3.63, 3.8) is 0 Å². The van der Waals surface area contributed by atoms with Crippen LogP contribution in [0.4, 0.5) is 10.6 Å². The van der Waals surface area contributed by atoms with Gasteiger partial charge in [-0.2, -0.15) is 5.10 Å². The number of H-pyrrole nitrogens is 1. The van der Waals surface area contributed by atoms with Crippen molar-refractivity contribution in [2.45, 2.75) is 20.0 Å². The quantitative estimate of drug-likeness (QED) is 0.775. The standard InChI is InChI=1S/C15H15N5O3/c1-9(21)16-13-11-7-20(8-12(11)18-19-13)15(23)17-14(22)10-5-3-2-4-6-10/h2-6H,7-8H2,1H3,(H,17,22,23)(H2,16,18,19,21). The summed E-state index contributed by atoms with van der Waals surface area (Å²) in [7, 11) is 0. The van der Waals surface area contributed by atoms with E-state index in [9.17, 15) is 14.4 Å². The molecule has 0 atom stereocenters. The molecule has 0 aliphatic carbocycles. The third-order valence-corrected chi connectivity index (χ3v) is 3.49. The van der Waals surface area contributed by atoms with E-state index in [1.807, 2.05) is 0 Å². The number of nitrogens with one attached hydrogen (secondary N) is 3. The number of fused-ring (bicyclic) bond motifs is 1. The predicted octanol–water partition coefficient (Wildman–Crippen LogP) is 1.23. The molecule has 1 aromatic heterocycles. The van der Waals surface area contributed by atoms with Crippen LogP contribution in [0.5, 0.6) is 0 Å².